The molecular formula is C8H3BrF3NO3. The Kier molecular flexibility index (Phi) is 3.32. The van der Waals surface area contributed by atoms with Gasteiger partial charge in [0.05, 0.1) is 4.92 Å². The van der Waals surface area contributed by atoms with Gasteiger partial charge in [0, 0.05) is 5.56 Å². The molecule has 0 saturated heterocycles. The summed E-state index contributed by atoms with van der Waals surface area (Å²) in [5.74, 6) is 0. The van der Waals surface area contributed by atoms with E-state index in [9.17, 15) is 28.1 Å². The number of nitro groups is 1. The van der Waals surface area contributed by atoms with Gasteiger partial charge >= 0.3 is 6.18 Å². The van der Waals surface area contributed by atoms with Crippen LogP contribution in [0.2, 0.25) is 0 Å². The van der Waals surface area contributed by atoms with Gasteiger partial charge in [0.2, 0.25) is 0 Å². The molecular weight excluding hydrogens is 295 g/mol. The number of carbonyl (C=O) groups excluding carboxylic acids is 1. The van der Waals surface area contributed by atoms with Crippen molar-refractivity contribution in [2.45, 2.75) is 6.18 Å². The van der Waals surface area contributed by atoms with E-state index in [0.717, 1.165) is 6.07 Å². The van der Waals surface area contributed by atoms with Gasteiger partial charge in [0.1, 0.15) is 10.0 Å². The molecule has 0 atom stereocenters. The minimum Gasteiger partial charge on any atom is -0.298 e. The van der Waals surface area contributed by atoms with E-state index in [1.165, 1.54) is 0 Å². The molecule has 0 radical (unpaired) electrons. The highest BCUT2D eigenvalue weighted by Gasteiger charge is 2.40. The van der Waals surface area contributed by atoms with E-state index < -0.39 is 26.8 Å². The fraction of sp³-hybridized carbons (Fsp3) is 0.125. The molecule has 16 heavy (non-hydrogen) atoms. The average molecular weight is 298 g/mol. The third-order valence-electron chi connectivity index (χ3n) is 1.76. The van der Waals surface area contributed by atoms with Gasteiger partial charge in [0.25, 0.3) is 5.69 Å². The van der Waals surface area contributed by atoms with Crippen molar-refractivity contribution in [2.24, 2.45) is 0 Å². The molecule has 0 saturated carbocycles. The van der Waals surface area contributed by atoms with Gasteiger partial charge in [-0.15, -0.1) is 0 Å². The van der Waals surface area contributed by atoms with E-state index in [4.69, 9.17) is 0 Å². The summed E-state index contributed by atoms with van der Waals surface area (Å²) >= 11 is 2.61. The highest BCUT2D eigenvalue weighted by Crippen LogP contribution is 2.40. The van der Waals surface area contributed by atoms with Crippen LogP contribution in [-0.2, 0) is 6.18 Å². The van der Waals surface area contributed by atoms with Crippen LogP contribution in [0.5, 0.6) is 0 Å². The zero-order valence-corrected chi connectivity index (χ0v) is 9.00. The number of benzene rings is 1. The second-order valence-electron chi connectivity index (χ2n) is 2.74. The van der Waals surface area contributed by atoms with E-state index in [0.29, 0.717) is 6.07 Å². The van der Waals surface area contributed by atoms with Crippen LogP contribution in [0.1, 0.15) is 15.9 Å². The minimum atomic E-state index is -4.84. The fourth-order valence-corrected chi connectivity index (χ4v) is 1.66. The normalized spacial score (nSPS) is 11.2. The molecule has 4 nitrogen and oxygen atoms in total. The second kappa shape index (κ2) is 4.20. The minimum absolute atomic E-state index is 0.209. The number of hydrogen-bond acceptors (Lipinski definition) is 3. The number of nitrogens with zero attached hydrogens (tertiary/aromatic N) is 1. The Balaban J connectivity index is 3.60. The van der Waals surface area contributed by atoms with Gasteiger partial charge in [-0.2, -0.15) is 13.2 Å². The van der Waals surface area contributed by atoms with Crippen molar-refractivity contribution in [3.8, 4) is 0 Å². The molecule has 0 heterocycles. The molecule has 0 N–H and O–H groups in total. The quantitative estimate of drug-likeness (QED) is 0.478. The SMILES string of the molecule is O=Cc1ccc(C(F)(F)F)c([N+](=O)[O-])c1Br. The molecule has 0 aliphatic carbocycles. The lowest BCUT2D eigenvalue weighted by Crippen LogP contribution is -2.10. The zero-order valence-electron chi connectivity index (χ0n) is 7.42. The molecule has 0 unspecified atom stereocenters. The summed E-state index contributed by atoms with van der Waals surface area (Å²) < 4.78 is 36.8. The van der Waals surface area contributed by atoms with Crippen LogP contribution in [0.15, 0.2) is 16.6 Å². The Hall–Kier alpha value is -1.44. The molecule has 0 spiro atoms. The van der Waals surface area contributed by atoms with Gasteiger partial charge < -0.3 is 0 Å². The number of hydrogen-bond donors (Lipinski definition) is 0. The van der Waals surface area contributed by atoms with Crippen molar-refractivity contribution < 1.29 is 22.9 Å². The van der Waals surface area contributed by atoms with Crippen LogP contribution in [0, 0.1) is 10.1 Å². The summed E-state index contributed by atoms with van der Waals surface area (Å²) in [6.07, 6.45) is -4.61. The molecule has 1 rings (SSSR count). The van der Waals surface area contributed by atoms with Crippen molar-refractivity contribution in [1.82, 2.24) is 0 Å². The summed E-state index contributed by atoms with van der Waals surface area (Å²) in [4.78, 5) is 19.8. The molecule has 0 aliphatic heterocycles. The largest absolute Gasteiger partial charge is 0.423 e. The number of nitro benzene ring substituents is 1. The van der Waals surface area contributed by atoms with Gasteiger partial charge in [-0.3, -0.25) is 14.9 Å². The van der Waals surface area contributed by atoms with E-state index in [1.807, 2.05) is 0 Å². The molecule has 8 heteroatoms. The number of alkyl halides is 3. The molecule has 86 valence electrons. The van der Waals surface area contributed by atoms with Crippen LogP contribution >= 0.6 is 15.9 Å². The maximum Gasteiger partial charge on any atom is 0.423 e. The van der Waals surface area contributed by atoms with E-state index in [-0.39, 0.29) is 11.8 Å². The van der Waals surface area contributed by atoms with Gasteiger partial charge in [-0.25, -0.2) is 0 Å². The van der Waals surface area contributed by atoms with Gasteiger partial charge in [-0.1, -0.05) is 0 Å². The second-order valence-corrected chi connectivity index (χ2v) is 3.53. The summed E-state index contributed by atoms with van der Waals surface area (Å²) in [5, 5.41) is 10.5. The van der Waals surface area contributed by atoms with E-state index >= 15 is 0 Å². The first kappa shape index (κ1) is 12.6. The number of carbonyl (C=O) groups is 1. The summed E-state index contributed by atoms with van der Waals surface area (Å²) in [6, 6.07) is 1.37. The maximum atomic E-state index is 12.4. The Morgan fingerprint density at radius 1 is 1.38 bits per heavy atom. The number of rotatable bonds is 2. The van der Waals surface area contributed by atoms with E-state index in [2.05, 4.69) is 15.9 Å². The lowest BCUT2D eigenvalue weighted by atomic mass is 10.1. The molecule has 1 aromatic carbocycles. The number of aldehydes is 1. The standard InChI is InChI=1S/C8H3BrF3NO3/c9-6-4(3-14)1-2-5(8(10,11)12)7(6)13(15)16/h1-3H. The maximum absolute atomic E-state index is 12.4. The molecule has 0 aromatic heterocycles. The van der Waals surface area contributed by atoms with Crippen LogP contribution in [0.3, 0.4) is 0 Å². The van der Waals surface area contributed by atoms with Crippen LogP contribution in [0.4, 0.5) is 18.9 Å². The summed E-state index contributed by atoms with van der Waals surface area (Å²) in [7, 11) is 0. The lowest BCUT2D eigenvalue weighted by molar-refractivity contribution is -0.388. The van der Waals surface area contributed by atoms with Crippen molar-refractivity contribution in [2.75, 3.05) is 0 Å². The average Bonchev–Trinajstić information content (AvgIpc) is 2.15. The van der Waals surface area contributed by atoms with Crippen molar-refractivity contribution >= 4 is 27.9 Å². The lowest BCUT2D eigenvalue weighted by Gasteiger charge is -2.09. The molecule has 0 amide bonds. The molecule has 0 aliphatic rings. The Morgan fingerprint density at radius 3 is 2.31 bits per heavy atom. The third kappa shape index (κ3) is 2.21. The third-order valence-corrected chi connectivity index (χ3v) is 2.59. The van der Waals surface area contributed by atoms with Crippen LogP contribution in [-0.4, -0.2) is 11.2 Å². The molecule has 1 aromatic rings. The van der Waals surface area contributed by atoms with Crippen LogP contribution in [0.25, 0.3) is 0 Å². The summed E-state index contributed by atoms with van der Waals surface area (Å²) in [5.41, 5.74) is -2.76. The number of halogens is 4. The zero-order chi connectivity index (χ0) is 12.5. The fourth-order valence-electron chi connectivity index (χ4n) is 1.08. The smallest absolute Gasteiger partial charge is 0.298 e. The Morgan fingerprint density at radius 2 is 1.94 bits per heavy atom. The van der Waals surface area contributed by atoms with Gasteiger partial charge in [-0.05, 0) is 28.1 Å². The van der Waals surface area contributed by atoms with Crippen molar-refractivity contribution in [1.29, 1.82) is 0 Å². The van der Waals surface area contributed by atoms with Crippen molar-refractivity contribution in [3.05, 3.63) is 37.8 Å². The topological polar surface area (TPSA) is 60.2 Å². The monoisotopic (exact) mass is 297 g/mol. The predicted octanol–water partition coefficient (Wildman–Crippen LogP) is 3.19. The summed E-state index contributed by atoms with van der Waals surface area (Å²) in [6.45, 7) is 0. The molecule has 0 fully saturated rings. The Labute approximate surface area is 95.3 Å². The first-order valence-electron chi connectivity index (χ1n) is 3.78. The van der Waals surface area contributed by atoms with E-state index in [1.54, 1.807) is 0 Å². The molecule has 0 bridgehead atoms. The first-order valence-corrected chi connectivity index (χ1v) is 4.57. The first-order chi connectivity index (χ1) is 7.29. The highest BCUT2D eigenvalue weighted by atomic mass is 79.9. The Bertz CT molecular complexity index is 459. The highest BCUT2D eigenvalue weighted by molar-refractivity contribution is 9.10. The van der Waals surface area contributed by atoms with Gasteiger partial charge in [0.15, 0.2) is 6.29 Å². The van der Waals surface area contributed by atoms with Crippen molar-refractivity contribution in [3.63, 3.8) is 0 Å². The van der Waals surface area contributed by atoms with Crippen LogP contribution < -0.4 is 0 Å². The predicted molar refractivity (Wildman–Crippen MR) is 51.2 cm³/mol.